The van der Waals surface area contributed by atoms with Gasteiger partial charge in [-0.15, -0.1) is 24.8 Å². The van der Waals surface area contributed by atoms with E-state index >= 15 is 0 Å². The van der Waals surface area contributed by atoms with Crippen LogP contribution in [0.4, 0.5) is 0 Å². The van der Waals surface area contributed by atoms with E-state index in [2.05, 4.69) is 88.7 Å². The van der Waals surface area contributed by atoms with Crippen molar-refractivity contribution >= 4 is 30.7 Å². The third-order valence-corrected chi connectivity index (χ3v) is 8.54. The number of carbonyl (C=O) groups is 1. The molecule has 0 unspecified atom stereocenters. The van der Waals surface area contributed by atoms with E-state index in [0.717, 1.165) is 61.7 Å². The number of piperazine rings is 2. The molecule has 1 aromatic heterocycles. The van der Waals surface area contributed by atoms with Gasteiger partial charge < -0.3 is 14.1 Å². The molecule has 0 saturated carbocycles. The van der Waals surface area contributed by atoms with E-state index in [1.54, 1.807) is 26.6 Å². The molecule has 2 saturated heterocycles. The van der Waals surface area contributed by atoms with Crippen molar-refractivity contribution in [3.63, 3.8) is 0 Å². The third kappa shape index (κ3) is 6.68. The van der Waals surface area contributed by atoms with Crippen molar-refractivity contribution in [1.29, 1.82) is 0 Å². The summed E-state index contributed by atoms with van der Waals surface area (Å²) in [7, 11) is 1.74. The Kier molecular flexibility index (Phi) is 10.7. The molecule has 3 aromatic carbocycles. The van der Waals surface area contributed by atoms with E-state index in [4.69, 9.17) is 9.15 Å². The van der Waals surface area contributed by atoms with Crippen molar-refractivity contribution in [2.45, 2.75) is 31.5 Å². The highest BCUT2D eigenvalue weighted by molar-refractivity contribution is 5.85. The van der Waals surface area contributed by atoms with Gasteiger partial charge in [-0.3, -0.25) is 14.6 Å². The maximum absolute atomic E-state index is 12.4. The molecule has 1 amide bonds. The molecule has 222 valence electrons. The topological polar surface area (TPSA) is 49.2 Å². The average Bonchev–Trinajstić information content (AvgIpc) is 3.53. The summed E-state index contributed by atoms with van der Waals surface area (Å²) in [5.74, 6) is 1.27. The van der Waals surface area contributed by atoms with Gasteiger partial charge >= 0.3 is 0 Å². The Hall–Kier alpha value is -3.29. The second-order valence-corrected chi connectivity index (χ2v) is 11.0. The minimum absolute atomic E-state index is 0. The number of furan rings is 1. The summed E-state index contributed by atoms with van der Waals surface area (Å²) in [5, 5.41) is 0. The maximum Gasteiger partial charge on any atom is 0.219 e. The molecule has 8 heteroatoms. The van der Waals surface area contributed by atoms with Crippen LogP contribution >= 0.6 is 24.8 Å². The molecule has 0 radical (unpaired) electrons. The Balaban J connectivity index is 0.00000202. The fourth-order valence-electron chi connectivity index (χ4n) is 6.63. The number of halogens is 2. The predicted octanol–water partition coefficient (Wildman–Crippen LogP) is 6.35. The molecule has 2 aliphatic heterocycles. The van der Waals surface area contributed by atoms with Crippen LogP contribution in [0.1, 0.15) is 29.5 Å². The summed E-state index contributed by atoms with van der Waals surface area (Å²) in [4.78, 5) is 19.7. The summed E-state index contributed by atoms with van der Waals surface area (Å²) in [6.07, 6.45) is 3.49. The number of hydrogen-bond acceptors (Lipinski definition) is 5. The first-order chi connectivity index (χ1) is 19.6. The zero-order chi connectivity index (χ0) is 27.5. The minimum Gasteiger partial charge on any atom is -0.496 e. The predicted molar refractivity (Wildman–Crippen MR) is 172 cm³/mol. The Morgan fingerprint density at radius 3 is 2.17 bits per heavy atom. The fourth-order valence-corrected chi connectivity index (χ4v) is 6.63. The standard InChI is InChI=1S/C34H37N3O3.2ClH/c1-25(38)36-16-17-37-31(22-36)21-35(20-30-19-28(13-14-33(30)39-2)29-15-18-40-24-29)23-32(37)34(26-9-5-3-6-10-26)27-11-7-4-8-12-27;;/h3-15,18-19,24,31-32,34H,16-17,20-23H2,1-2H3;2*1H/t31-,32+;;/m1../s1. The van der Waals surface area contributed by atoms with Crippen LogP contribution in [0.15, 0.2) is 102 Å². The molecule has 4 aromatic rings. The molecule has 2 atom stereocenters. The van der Waals surface area contributed by atoms with Crippen LogP contribution in [0.5, 0.6) is 5.75 Å². The van der Waals surface area contributed by atoms with Crippen LogP contribution in [0, 0.1) is 0 Å². The lowest BCUT2D eigenvalue weighted by Gasteiger charge is -2.53. The van der Waals surface area contributed by atoms with Crippen LogP contribution < -0.4 is 4.74 Å². The first-order valence-corrected chi connectivity index (χ1v) is 14.1. The molecule has 6 nitrogen and oxygen atoms in total. The van der Waals surface area contributed by atoms with Crippen molar-refractivity contribution in [3.8, 4) is 16.9 Å². The Morgan fingerprint density at radius 2 is 1.57 bits per heavy atom. The first-order valence-electron chi connectivity index (χ1n) is 14.1. The van der Waals surface area contributed by atoms with Gasteiger partial charge in [-0.25, -0.2) is 0 Å². The highest BCUT2D eigenvalue weighted by atomic mass is 35.5. The van der Waals surface area contributed by atoms with Gasteiger partial charge in [-0.2, -0.15) is 0 Å². The van der Waals surface area contributed by atoms with Crippen molar-refractivity contribution in [2.24, 2.45) is 0 Å². The summed E-state index contributed by atoms with van der Waals surface area (Å²) in [6.45, 7) is 6.70. The number of rotatable bonds is 7. The van der Waals surface area contributed by atoms with Crippen LogP contribution in [0.25, 0.3) is 11.1 Å². The first kappa shape index (κ1) is 31.6. The van der Waals surface area contributed by atoms with Crippen LogP contribution in [-0.2, 0) is 11.3 Å². The van der Waals surface area contributed by atoms with E-state index in [9.17, 15) is 4.79 Å². The average molecular weight is 609 g/mol. The van der Waals surface area contributed by atoms with Gasteiger partial charge in [0.05, 0.1) is 19.6 Å². The van der Waals surface area contributed by atoms with Crippen LogP contribution in [-0.4, -0.2) is 72.5 Å². The third-order valence-electron chi connectivity index (χ3n) is 8.54. The van der Waals surface area contributed by atoms with E-state index in [1.165, 1.54) is 11.1 Å². The second-order valence-electron chi connectivity index (χ2n) is 11.0. The lowest BCUT2D eigenvalue weighted by molar-refractivity contribution is -0.134. The number of methoxy groups -OCH3 is 1. The molecule has 0 aliphatic carbocycles. The number of carbonyl (C=O) groups excluding carboxylic acids is 1. The number of hydrogen-bond donors (Lipinski definition) is 0. The summed E-state index contributed by atoms with van der Waals surface area (Å²) < 4.78 is 11.2. The van der Waals surface area contributed by atoms with E-state index in [-0.39, 0.29) is 48.7 Å². The Morgan fingerprint density at radius 1 is 0.881 bits per heavy atom. The number of fused-ring (bicyclic) bond motifs is 1. The van der Waals surface area contributed by atoms with Gasteiger partial charge in [0.1, 0.15) is 5.75 Å². The van der Waals surface area contributed by atoms with Gasteiger partial charge in [0.15, 0.2) is 0 Å². The smallest absolute Gasteiger partial charge is 0.219 e. The van der Waals surface area contributed by atoms with Crippen molar-refractivity contribution in [1.82, 2.24) is 14.7 Å². The van der Waals surface area contributed by atoms with Gasteiger partial charge in [0.2, 0.25) is 5.91 Å². The quantitative estimate of drug-likeness (QED) is 0.245. The fraction of sp³-hybridized carbons (Fsp3) is 0.324. The van der Waals surface area contributed by atoms with E-state index < -0.39 is 0 Å². The summed E-state index contributed by atoms with van der Waals surface area (Å²) >= 11 is 0. The van der Waals surface area contributed by atoms with E-state index in [1.807, 2.05) is 11.0 Å². The lowest BCUT2D eigenvalue weighted by Crippen LogP contribution is -2.67. The van der Waals surface area contributed by atoms with E-state index in [0.29, 0.717) is 0 Å². The number of amides is 1. The Labute approximate surface area is 261 Å². The molecule has 0 spiro atoms. The lowest BCUT2D eigenvalue weighted by atomic mass is 9.81. The summed E-state index contributed by atoms with van der Waals surface area (Å²) in [6, 6.07) is 30.7. The van der Waals surface area contributed by atoms with Crippen molar-refractivity contribution in [2.75, 3.05) is 39.8 Å². The van der Waals surface area contributed by atoms with Gasteiger partial charge in [0, 0.05) is 75.3 Å². The highest BCUT2D eigenvalue weighted by Gasteiger charge is 2.42. The minimum atomic E-state index is 0. The number of nitrogens with zero attached hydrogens (tertiary/aromatic N) is 3. The largest absolute Gasteiger partial charge is 0.496 e. The normalized spacial score (nSPS) is 19.0. The second kappa shape index (κ2) is 14.3. The molecular formula is C34H39Cl2N3O3. The molecule has 6 rings (SSSR count). The molecule has 0 N–H and O–H groups in total. The van der Waals surface area contributed by atoms with Crippen molar-refractivity contribution < 1.29 is 13.9 Å². The molecular weight excluding hydrogens is 569 g/mol. The van der Waals surface area contributed by atoms with Gasteiger partial charge in [-0.05, 0) is 34.9 Å². The molecule has 2 fully saturated rings. The monoisotopic (exact) mass is 607 g/mol. The van der Waals surface area contributed by atoms with Gasteiger partial charge in [0.25, 0.3) is 0 Å². The number of ether oxygens (including phenoxy) is 1. The molecule has 42 heavy (non-hydrogen) atoms. The highest BCUT2D eigenvalue weighted by Crippen LogP contribution is 2.37. The molecule has 0 bridgehead atoms. The Bertz CT molecular complexity index is 1380. The maximum atomic E-state index is 12.4. The van der Waals surface area contributed by atoms with Crippen LogP contribution in [0.3, 0.4) is 0 Å². The SMILES string of the molecule is COc1ccc(-c2ccoc2)cc1CN1C[C@@H]2CN(C(C)=O)CCN2[C@H](C(c2ccccc2)c2ccccc2)C1.Cl.Cl. The summed E-state index contributed by atoms with van der Waals surface area (Å²) in [5.41, 5.74) is 5.99. The zero-order valence-electron chi connectivity index (χ0n) is 24.1. The number of benzene rings is 3. The van der Waals surface area contributed by atoms with Crippen molar-refractivity contribution in [3.05, 3.63) is 114 Å². The van der Waals surface area contributed by atoms with Crippen LogP contribution in [0.2, 0.25) is 0 Å². The molecule has 2 aliphatic rings. The van der Waals surface area contributed by atoms with Gasteiger partial charge in [-0.1, -0.05) is 66.7 Å². The molecule has 3 heterocycles. The zero-order valence-corrected chi connectivity index (χ0v) is 25.7.